The number of halogens is 3. The molecule has 0 unspecified atom stereocenters. The third-order valence-electron chi connectivity index (χ3n) is 3.17. The van der Waals surface area contributed by atoms with Crippen LogP contribution in [0.1, 0.15) is 5.56 Å². The predicted octanol–water partition coefficient (Wildman–Crippen LogP) is 2.70. The van der Waals surface area contributed by atoms with Crippen molar-refractivity contribution in [1.82, 2.24) is 4.90 Å². The van der Waals surface area contributed by atoms with Crippen LogP contribution in [0.2, 0.25) is 0 Å². The van der Waals surface area contributed by atoms with E-state index >= 15 is 0 Å². The highest BCUT2D eigenvalue weighted by atomic mass is 19.4. The summed E-state index contributed by atoms with van der Waals surface area (Å²) in [6.07, 6.45) is -4.20. The molecular weight excluding hydrogens is 287 g/mol. The number of hydrogen-bond acceptors (Lipinski definition) is 2. The summed E-state index contributed by atoms with van der Waals surface area (Å²) < 4.78 is 38.8. The Morgan fingerprint density at radius 2 is 2.10 bits per heavy atom. The molecule has 0 saturated carbocycles. The monoisotopic (exact) mass is 297 g/mol. The van der Waals surface area contributed by atoms with Crippen molar-refractivity contribution >= 4 is 23.7 Å². The van der Waals surface area contributed by atoms with E-state index in [2.05, 4.69) is 4.85 Å². The molecular formula is C13H10F3N3O2. The Hall–Kier alpha value is -2.56. The molecule has 0 N–H and O–H groups in total. The molecule has 21 heavy (non-hydrogen) atoms. The van der Waals surface area contributed by atoms with Crippen LogP contribution < -0.4 is 4.90 Å². The molecule has 0 radical (unpaired) electrons. The molecule has 1 heterocycles. The maximum absolute atomic E-state index is 12.9. The highest BCUT2D eigenvalue weighted by Gasteiger charge is 2.39. The van der Waals surface area contributed by atoms with Gasteiger partial charge in [-0.3, -0.25) is 4.90 Å². The molecule has 1 saturated heterocycles. The van der Waals surface area contributed by atoms with Gasteiger partial charge in [-0.05, 0) is 12.1 Å². The SMILES string of the molecule is [C-]#[N+]c1ccc(N2C(=O)N(C)C[C@@H]2C=O)cc1C(F)(F)F. The van der Waals surface area contributed by atoms with E-state index in [1.165, 1.54) is 18.0 Å². The van der Waals surface area contributed by atoms with Crippen molar-refractivity contribution in [2.45, 2.75) is 12.2 Å². The molecule has 8 heteroatoms. The van der Waals surface area contributed by atoms with Gasteiger partial charge in [-0.1, -0.05) is 6.07 Å². The first-order chi connectivity index (χ1) is 9.79. The van der Waals surface area contributed by atoms with Crippen LogP contribution in [0.25, 0.3) is 4.85 Å². The molecule has 2 rings (SSSR count). The Bertz CT molecular complexity index is 637. The maximum atomic E-state index is 12.9. The van der Waals surface area contributed by atoms with E-state index in [9.17, 15) is 22.8 Å². The number of hydrogen-bond donors (Lipinski definition) is 0. The van der Waals surface area contributed by atoms with Gasteiger partial charge in [-0.15, -0.1) is 0 Å². The highest BCUT2D eigenvalue weighted by Crippen LogP contribution is 2.39. The molecule has 0 aromatic heterocycles. The Morgan fingerprint density at radius 1 is 1.43 bits per heavy atom. The van der Waals surface area contributed by atoms with E-state index in [1.54, 1.807) is 0 Å². The number of nitrogens with zero attached hydrogens (tertiary/aromatic N) is 3. The lowest BCUT2D eigenvalue weighted by Gasteiger charge is -2.21. The van der Waals surface area contributed by atoms with E-state index in [0.29, 0.717) is 6.29 Å². The van der Waals surface area contributed by atoms with Gasteiger partial charge in [0.05, 0.1) is 12.1 Å². The minimum atomic E-state index is -4.71. The maximum Gasteiger partial charge on any atom is 0.407 e. The Kier molecular flexibility index (Phi) is 3.60. The van der Waals surface area contributed by atoms with Crippen molar-refractivity contribution in [3.8, 4) is 0 Å². The van der Waals surface area contributed by atoms with E-state index in [4.69, 9.17) is 6.57 Å². The largest absolute Gasteiger partial charge is 0.407 e. The topological polar surface area (TPSA) is 45.0 Å². The van der Waals surface area contributed by atoms with Crippen molar-refractivity contribution in [3.63, 3.8) is 0 Å². The van der Waals surface area contributed by atoms with E-state index < -0.39 is 29.5 Å². The van der Waals surface area contributed by atoms with Gasteiger partial charge in [-0.25, -0.2) is 9.64 Å². The van der Waals surface area contributed by atoms with Gasteiger partial charge in [0.2, 0.25) is 0 Å². The first kappa shape index (κ1) is 14.8. The van der Waals surface area contributed by atoms with Crippen molar-refractivity contribution in [2.24, 2.45) is 0 Å². The number of urea groups is 1. The first-order valence-corrected chi connectivity index (χ1v) is 5.88. The molecule has 0 spiro atoms. The zero-order valence-electron chi connectivity index (χ0n) is 10.9. The fourth-order valence-electron chi connectivity index (χ4n) is 2.17. The van der Waals surface area contributed by atoms with Crippen LogP contribution in [-0.4, -0.2) is 36.9 Å². The molecule has 1 aromatic rings. The third kappa shape index (κ3) is 2.54. The Morgan fingerprint density at radius 3 is 2.62 bits per heavy atom. The second-order valence-corrected chi connectivity index (χ2v) is 4.55. The second-order valence-electron chi connectivity index (χ2n) is 4.55. The van der Waals surface area contributed by atoms with E-state index in [1.807, 2.05) is 0 Å². The van der Waals surface area contributed by atoms with E-state index in [0.717, 1.165) is 17.0 Å². The summed E-state index contributed by atoms with van der Waals surface area (Å²) in [4.78, 5) is 28.0. The minimum absolute atomic E-state index is 0.0545. The fraction of sp³-hybridized carbons (Fsp3) is 0.308. The van der Waals surface area contributed by atoms with Crippen molar-refractivity contribution in [3.05, 3.63) is 35.2 Å². The average Bonchev–Trinajstić information content (AvgIpc) is 2.72. The summed E-state index contributed by atoms with van der Waals surface area (Å²) in [6, 6.07) is 1.55. The lowest BCUT2D eigenvalue weighted by Crippen LogP contribution is -2.35. The smallest absolute Gasteiger partial charge is 0.325 e. The summed E-state index contributed by atoms with van der Waals surface area (Å²) in [5.74, 6) is 0. The fourth-order valence-corrected chi connectivity index (χ4v) is 2.17. The molecule has 2 amide bonds. The van der Waals surface area contributed by atoms with Crippen LogP contribution in [0.5, 0.6) is 0 Å². The number of rotatable bonds is 2. The van der Waals surface area contributed by atoms with Gasteiger partial charge >= 0.3 is 12.2 Å². The van der Waals surface area contributed by atoms with Gasteiger partial charge in [0.1, 0.15) is 12.3 Å². The van der Waals surface area contributed by atoms with Crippen molar-refractivity contribution < 1.29 is 22.8 Å². The zero-order valence-corrected chi connectivity index (χ0v) is 10.9. The zero-order chi connectivity index (χ0) is 15.8. The number of benzene rings is 1. The predicted molar refractivity (Wildman–Crippen MR) is 68.1 cm³/mol. The number of amides is 2. The normalized spacial score (nSPS) is 18.8. The standard InChI is InChI=1S/C13H10F3N3O2/c1-17-11-4-3-8(5-10(11)13(14,15)16)19-9(7-20)6-18(2)12(19)21/h3-5,7,9H,6H2,2H3/t9-/m1/s1. The summed E-state index contributed by atoms with van der Waals surface area (Å²) in [5, 5.41) is 0. The van der Waals surface area contributed by atoms with Crippen LogP contribution in [0.4, 0.5) is 29.3 Å². The first-order valence-electron chi connectivity index (χ1n) is 5.88. The molecule has 1 fully saturated rings. The van der Waals surface area contributed by atoms with Crippen LogP contribution >= 0.6 is 0 Å². The minimum Gasteiger partial charge on any atom is -0.325 e. The summed E-state index contributed by atoms with van der Waals surface area (Å²) in [7, 11) is 1.46. The molecule has 1 aromatic carbocycles. The lowest BCUT2D eigenvalue weighted by atomic mass is 10.1. The number of likely N-dealkylation sites (N-methyl/N-ethyl adjacent to an activating group) is 1. The summed E-state index contributed by atoms with van der Waals surface area (Å²) in [5.41, 5.74) is -1.72. The van der Waals surface area contributed by atoms with Gasteiger partial charge in [0.25, 0.3) is 0 Å². The van der Waals surface area contributed by atoms with Crippen molar-refractivity contribution in [2.75, 3.05) is 18.5 Å². The number of anilines is 1. The summed E-state index contributed by atoms with van der Waals surface area (Å²) in [6.45, 7) is 6.88. The molecule has 0 bridgehead atoms. The number of carbonyl (C=O) groups is 2. The van der Waals surface area contributed by atoms with Gasteiger partial charge < -0.3 is 9.69 Å². The van der Waals surface area contributed by atoms with Gasteiger partial charge in [0, 0.05) is 19.3 Å². The van der Waals surface area contributed by atoms with E-state index in [-0.39, 0.29) is 12.2 Å². The van der Waals surface area contributed by atoms with Crippen LogP contribution in [0, 0.1) is 6.57 Å². The summed E-state index contributed by atoms with van der Waals surface area (Å²) >= 11 is 0. The molecule has 1 aliphatic rings. The van der Waals surface area contributed by atoms with Gasteiger partial charge in [-0.2, -0.15) is 13.2 Å². The third-order valence-corrected chi connectivity index (χ3v) is 3.17. The molecule has 110 valence electrons. The van der Waals surface area contributed by atoms with Crippen LogP contribution in [0.15, 0.2) is 18.2 Å². The quantitative estimate of drug-likeness (QED) is 0.622. The number of aldehydes is 1. The molecule has 5 nitrogen and oxygen atoms in total. The number of alkyl halides is 3. The molecule has 1 aliphatic heterocycles. The Balaban J connectivity index is 2.53. The average molecular weight is 297 g/mol. The van der Waals surface area contributed by atoms with Crippen molar-refractivity contribution in [1.29, 1.82) is 0 Å². The molecule has 0 aliphatic carbocycles. The van der Waals surface area contributed by atoms with Gasteiger partial charge in [0.15, 0.2) is 5.69 Å². The highest BCUT2D eigenvalue weighted by molar-refractivity contribution is 5.99. The van der Waals surface area contributed by atoms with Crippen LogP contribution in [0.3, 0.4) is 0 Å². The number of carbonyl (C=O) groups excluding carboxylic acids is 2. The lowest BCUT2D eigenvalue weighted by molar-refractivity contribution is -0.136. The molecule has 1 atom stereocenters. The van der Waals surface area contributed by atoms with Crippen LogP contribution in [-0.2, 0) is 11.0 Å². The second kappa shape index (κ2) is 5.09. The Labute approximate surface area is 118 Å².